The molecular weight excluding hydrogens is 351 g/mol. The van der Waals surface area contributed by atoms with E-state index in [1.54, 1.807) is 30.5 Å². The molecule has 0 bridgehead atoms. The first-order valence-electron chi connectivity index (χ1n) is 7.21. The average Bonchev–Trinajstić information content (AvgIpc) is 2.96. The Morgan fingerprint density at radius 2 is 2.33 bits per heavy atom. The highest BCUT2D eigenvalue weighted by Crippen LogP contribution is 2.32. The highest BCUT2D eigenvalue weighted by molar-refractivity contribution is 6.35. The minimum Gasteiger partial charge on any atom is -0.473 e. The molecule has 0 aliphatic carbocycles. The zero-order chi connectivity index (χ0) is 17.1. The van der Waals surface area contributed by atoms with Crippen molar-refractivity contribution in [2.75, 3.05) is 6.61 Å². The third-order valence-corrected chi connectivity index (χ3v) is 4.15. The average molecular weight is 365 g/mol. The Morgan fingerprint density at radius 3 is 3.12 bits per heavy atom. The van der Waals surface area contributed by atoms with Crippen LogP contribution in [-0.4, -0.2) is 17.7 Å². The van der Waals surface area contributed by atoms with E-state index in [-0.39, 0.29) is 13.2 Å². The molecule has 0 fully saturated rings. The fourth-order valence-corrected chi connectivity index (χ4v) is 3.01. The second-order valence-corrected chi connectivity index (χ2v) is 5.96. The maximum Gasteiger partial charge on any atom is 0.408 e. The summed E-state index contributed by atoms with van der Waals surface area (Å²) in [6, 6.07) is 6.94. The lowest BCUT2D eigenvalue weighted by molar-refractivity contribution is 0.0821. The summed E-state index contributed by atoms with van der Waals surface area (Å²) in [6.45, 7) is 4.17. The fourth-order valence-electron chi connectivity index (χ4n) is 2.43. The number of hydrogen-bond donors (Lipinski definition) is 1. The van der Waals surface area contributed by atoms with Crippen molar-refractivity contribution in [2.24, 2.45) is 0 Å². The normalized spacial score (nSPS) is 15.3. The van der Waals surface area contributed by atoms with Gasteiger partial charge in [0.2, 0.25) is 5.88 Å². The number of amides is 1. The molecule has 1 aromatic heterocycles. The Balaban J connectivity index is 1.64. The number of carbonyl (C=O) groups is 1. The Bertz CT molecular complexity index is 795. The lowest BCUT2D eigenvalue weighted by Crippen LogP contribution is -2.26. The number of ether oxygens (including phenoxy) is 2. The Hall–Kier alpha value is -2.24. The maximum atomic E-state index is 12.1. The van der Waals surface area contributed by atoms with Crippen molar-refractivity contribution in [3.63, 3.8) is 0 Å². The number of nitrogens with one attached hydrogen (secondary N) is 1. The van der Waals surface area contributed by atoms with Gasteiger partial charge in [-0.2, -0.15) is 0 Å². The molecule has 1 N–H and O–H groups in total. The third kappa shape index (κ3) is 3.47. The minimum absolute atomic E-state index is 0.198. The molecule has 24 heavy (non-hydrogen) atoms. The first-order chi connectivity index (χ1) is 11.6. The second kappa shape index (κ2) is 7.11. The summed E-state index contributed by atoms with van der Waals surface area (Å²) in [5.74, 6) is 0.491. The molecule has 5 nitrogen and oxygen atoms in total. The van der Waals surface area contributed by atoms with Crippen molar-refractivity contribution in [3.05, 3.63) is 63.8 Å². The van der Waals surface area contributed by atoms with Crippen LogP contribution < -0.4 is 10.1 Å². The zero-order valence-corrected chi connectivity index (χ0v) is 14.1. The van der Waals surface area contributed by atoms with Crippen molar-refractivity contribution >= 4 is 35.4 Å². The summed E-state index contributed by atoms with van der Waals surface area (Å²) >= 11 is 12.1. The number of rotatable bonds is 4. The van der Waals surface area contributed by atoms with Crippen LogP contribution in [-0.2, 0) is 11.3 Å². The Morgan fingerprint density at radius 1 is 1.50 bits per heavy atom. The van der Waals surface area contributed by atoms with Gasteiger partial charge in [-0.3, -0.25) is 0 Å². The monoisotopic (exact) mass is 364 g/mol. The lowest BCUT2D eigenvalue weighted by Gasteiger charge is -2.14. The summed E-state index contributed by atoms with van der Waals surface area (Å²) in [6.07, 6.45) is 2.21. The van der Waals surface area contributed by atoms with Gasteiger partial charge in [-0.15, -0.1) is 0 Å². The molecule has 1 aliphatic rings. The molecule has 0 saturated carbocycles. The van der Waals surface area contributed by atoms with E-state index in [0.717, 1.165) is 16.7 Å². The highest BCUT2D eigenvalue weighted by atomic mass is 35.5. The van der Waals surface area contributed by atoms with Gasteiger partial charge in [0.1, 0.15) is 6.61 Å². The van der Waals surface area contributed by atoms with Gasteiger partial charge in [-0.1, -0.05) is 35.9 Å². The van der Waals surface area contributed by atoms with Crippen LogP contribution in [0.2, 0.25) is 10.0 Å². The zero-order valence-electron chi connectivity index (χ0n) is 12.6. The van der Waals surface area contributed by atoms with Crippen LogP contribution in [0.1, 0.15) is 22.8 Å². The number of pyridine rings is 1. The number of aromatic nitrogens is 1. The number of alkyl carbamates (subject to hydrolysis) is 1. The van der Waals surface area contributed by atoms with E-state index >= 15 is 0 Å². The SMILES string of the molecule is C=Cc1cc(Cl)cc(Cl)c1CNC(=O)OC1COc2ncccc21. The smallest absolute Gasteiger partial charge is 0.408 e. The third-order valence-electron chi connectivity index (χ3n) is 3.59. The van der Waals surface area contributed by atoms with Gasteiger partial charge in [-0.25, -0.2) is 9.78 Å². The van der Waals surface area contributed by atoms with Crippen LogP contribution in [0.4, 0.5) is 4.79 Å². The van der Waals surface area contributed by atoms with Crippen LogP contribution in [0.15, 0.2) is 37.0 Å². The van der Waals surface area contributed by atoms with E-state index in [1.807, 2.05) is 6.07 Å². The number of halogens is 2. The predicted molar refractivity (Wildman–Crippen MR) is 92.3 cm³/mol. The molecular formula is C17H14Cl2N2O3. The molecule has 0 radical (unpaired) electrons. The maximum absolute atomic E-state index is 12.1. The predicted octanol–water partition coefficient (Wildman–Crippen LogP) is 4.39. The van der Waals surface area contributed by atoms with Crippen LogP contribution in [0.25, 0.3) is 6.08 Å². The standard InChI is InChI=1S/C17H14Cl2N2O3/c1-2-10-6-11(18)7-14(19)13(10)8-21-17(22)24-15-9-23-16-12(15)4-3-5-20-16/h2-7,15H,1,8-9H2,(H,21,22). The Labute approximate surface area is 149 Å². The van der Waals surface area contributed by atoms with Crippen molar-refractivity contribution in [2.45, 2.75) is 12.6 Å². The molecule has 0 spiro atoms. The molecule has 3 rings (SSSR count). The van der Waals surface area contributed by atoms with Crippen molar-refractivity contribution in [3.8, 4) is 5.88 Å². The fraction of sp³-hybridized carbons (Fsp3) is 0.176. The minimum atomic E-state index is -0.568. The van der Waals surface area contributed by atoms with Crippen LogP contribution in [0.5, 0.6) is 5.88 Å². The molecule has 1 aliphatic heterocycles. The first-order valence-corrected chi connectivity index (χ1v) is 7.96. The van der Waals surface area contributed by atoms with Gasteiger partial charge in [0.05, 0.1) is 5.56 Å². The summed E-state index contributed by atoms with van der Waals surface area (Å²) < 4.78 is 10.8. The topological polar surface area (TPSA) is 60.5 Å². The quantitative estimate of drug-likeness (QED) is 0.873. The molecule has 2 heterocycles. The first kappa shape index (κ1) is 16.6. The van der Waals surface area contributed by atoms with Crippen LogP contribution in [0, 0.1) is 0 Å². The molecule has 1 aromatic carbocycles. The van der Waals surface area contributed by atoms with Gasteiger partial charge in [0.15, 0.2) is 6.10 Å². The van der Waals surface area contributed by atoms with E-state index < -0.39 is 12.2 Å². The molecule has 1 atom stereocenters. The summed E-state index contributed by atoms with van der Waals surface area (Å²) in [5.41, 5.74) is 2.23. The number of fused-ring (bicyclic) bond motifs is 1. The van der Waals surface area contributed by atoms with Crippen molar-refractivity contribution in [1.82, 2.24) is 10.3 Å². The van der Waals surface area contributed by atoms with Crippen molar-refractivity contribution < 1.29 is 14.3 Å². The largest absolute Gasteiger partial charge is 0.473 e. The molecule has 124 valence electrons. The van der Waals surface area contributed by atoms with Gasteiger partial charge < -0.3 is 14.8 Å². The van der Waals surface area contributed by atoms with E-state index in [1.165, 1.54) is 0 Å². The molecule has 1 unspecified atom stereocenters. The summed E-state index contributed by atoms with van der Waals surface area (Å²) in [4.78, 5) is 16.1. The number of benzene rings is 1. The summed E-state index contributed by atoms with van der Waals surface area (Å²) in [7, 11) is 0. The number of carbonyl (C=O) groups excluding carboxylic acids is 1. The summed E-state index contributed by atoms with van der Waals surface area (Å²) in [5, 5.41) is 3.64. The van der Waals surface area contributed by atoms with E-state index in [0.29, 0.717) is 15.9 Å². The van der Waals surface area contributed by atoms with E-state index in [2.05, 4.69) is 16.9 Å². The highest BCUT2D eigenvalue weighted by Gasteiger charge is 2.28. The number of nitrogens with zero attached hydrogens (tertiary/aromatic N) is 1. The molecule has 1 amide bonds. The van der Waals surface area contributed by atoms with Gasteiger partial charge in [-0.05, 0) is 35.4 Å². The Kier molecular flexibility index (Phi) is 4.92. The van der Waals surface area contributed by atoms with Crippen molar-refractivity contribution in [1.29, 1.82) is 0 Å². The van der Waals surface area contributed by atoms with Crippen LogP contribution in [0.3, 0.4) is 0 Å². The lowest BCUT2D eigenvalue weighted by atomic mass is 10.1. The van der Waals surface area contributed by atoms with Crippen LogP contribution >= 0.6 is 23.2 Å². The second-order valence-electron chi connectivity index (χ2n) is 5.12. The van der Waals surface area contributed by atoms with E-state index in [4.69, 9.17) is 32.7 Å². The van der Waals surface area contributed by atoms with Gasteiger partial charge >= 0.3 is 6.09 Å². The van der Waals surface area contributed by atoms with Gasteiger partial charge in [0.25, 0.3) is 0 Å². The number of hydrogen-bond acceptors (Lipinski definition) is 4. The molecule has 2 aromatic rings. The van der Waals surface area contributed by atoms with E-state index in [9.17, 15) is 4.79 Å². The van der Waals surface area contributed by atoms with Gasteiger partial charge in [0, 0.05) is 22.8 Å². The molecule has 7 heteroatoms. The molecule has 0 saturated heterocycles.